The van der Waals surface area contributed by atoms with E-state index in [0.717, 1.165) is 12.8 Å². The second-order valence-electron chi connectivity index (χ2n) is 5.31. The van der Waals surface area contributed by atoms with Gasteiger partial charge >= 0.3 is 12.1 Å². The third-order valence-electron chi connectivity index (χ3n) is 3.83. The van der Waals surface area contributed by atoms with Crippen LogP contribution in [0.4, 0.5) is 4.79 Å². The van der Waals surface area contributed by atoms with Crippen molar-refractivity contribution >= 4 is 18.0 Å². The predicted octanol–water partition coefficient (Wildman–Crippen LogP) is 1.50. The van der Waals surface area contributed by atoms with E-state index in [2.05, 4.69) is 5.32 Å². The Hall–Kier alpha value is -2.57. The van der Waals surface area contributed by atoms with E-state index in [1.54, 1.807) is 0 Å². The molecule has 0 atom stereocenters. The molecular formula is C15H18N2O5. The van der Waals surface area contributed by atoms with Crippen molar-refractivity contribution in [1.82, 2.24) is 10.2 Å². The number of benzene rings is 1. The van der Waals surface area contributed by atoms with Crippen molar-refractivity contribution in [1.29, 1.82) is 0 Å². The zero-order chi connectivity index (χ0) is 16.1. The van der Waals surface area contributed by atoms with E-state index in [9.17, 15) is 14.4 Å². The number of hydrogen-bond acceptors (Lipinski definition) is 3. The van der Waals surface area contributed by atoms with E-state index in [-0.39, 0.29) is 17.4 Å². The number of carbonyl (C=O) groups is 3. The average molecular weight is 306 g/mol. The topological polar surface area (TPSA) is 107 Å². The van der Waals surface area contributed by atoms with Crippen LogP contribution in [0.15, 0.2) is 24.3 Å². The molecule has 1 aliphatic heterocycles. The molecule has 0 bridgehead atoms. The predicted molar refractivity (Wildman–Crippen MR) is 78.1 cm³/mol. The second kappa shape index (κ2) is 6.93. The molecule has 0 unspecified atom stereocenters. The molecule has 2 amide bonds. The molecule has 1 aromatic carbocycles. The third-order valence-corrected chi connectivity index (χ3v) is 3.83. The molecule has 1 aliphatic rings. The molecule has 2 rings (SSSR count). The number of carbonyl (C=O) groups excluding carboxylic acids is 1. The summed E-state index contributed by atoms with van der Waals surface area (Å²) in [6.07, 6.45) is 0.552. The quantitative estimate of drug-likeness (QED) is 0.781. The fraction of sp³-hybridized carbons (Fsp3) is 0.400. The summed E-state index contributed by atoms with van der Waals surface area (Å²) in [6, 6.07) is 5.74. The summed E-state index contributed by atoms with van der Waals surface area (Å²) < 4.78 is 0. The standard InChI is InChI=1S/C15H18N2O5/c18-13(11-1-3-12(4-2-11)14(19)20)16-9-10-5-7-17(8-6-10)15(21)22/h1-4,10H,5-9H2,(H,16,18)(H,19,20)(H,21,22). The Kier molecular flexibility index (Phi) is 4.98. The molecule has 7 nitrogen and oxygen atoms in total. The summed E-state index contributed by atoms with van der Waals surface area (Å²) in [7, 11) is 0. The molecule has 0 aliphatic carbocycles. The minimum Gasteiger partial charge on any atom is -0.478 e. The van der Waals surface area contributed by atoms with Crippen molar-refractivity contribution in [3.8, 4) is 0 Å². The van der Waals surface area contributed by atoms with E-state index < -0.39 is 12.1 Å². The molecule has 0 saturated carbocycles. The summed E-state index contributed by atoms with van der Waals surface area (Å²) >= 11 is 0. The third kappa shape index (κ3) is 3.97. The van der Waals surface area contributed by atoms with Crippen LogP contribution in [-0.4, -0.2) is 52.7 Å². The van der Waals surface area contributed by atoms with Crippen molar-refractivity contribution < 1.29 is 24.6 Å². The van der Waals surface area contributed by atoms with Gasteiger partial charge in [0, 0.05) is 25.2 Å². The number of hydrogen-bond donors (Lipinski definition) is 3. The summed E-state index contributed by atoms with van der Waals surface area (Å²) in [5, 5.41) is 20.5. The SMILES string of the molecule is O=C(O)c1ccc(C(=O)NCC2CCN(C(=O)O)CC2)cc1. The van der Waals surface area contributed by atoms with Gasteiger partial charge in [0.2, 0.25) is 0 Å². The molecule has 7 heteroatoms. The average Bonchev–Trinajstić information content (AvgIpc) is 2.53. The molecule has 0 spiro atoms. The van der Waals surface area contributed by atoms with Gasteiger partial charge < -0.3 is 20.4 Å². The first-order valence-electron chi connectivity index (χ1n) is 7.07. The minimum absolute atomic E-state index is 0.137. The lowest BCUT2D eigenvalue weighted by Gasteiger charge is -2.29. The second-order valence-corrected chi connectivity index (χ2v) is 5.31. The van der Waals surface area contributed by atoms with Gasteiger partial charge in [0.1, 0.15) is 0 Å². The van der Waals surface area contributed by atoms with Gasteiger partial charge in [0.05, 0.1) is 5.56 Å². The van der Waals surface area contributed by atoms with Gasteiger partial charge in [0.15, 0.2) is 0 Å². The van der Waals surface area contributed by atoms with Crippen LogP contribution in [0.2, 0.25) is 0 Å². The Morgan fingerprint density at radius 1 is 1.05 bits per heavy atom. The highest BCUT2D eigenvalue weighted by Gasteiger charge is 2.22. The monoisotopic (exact) mass is 306 g/mol. The van der Waals surface area contributed by atoms with Crippen LogP contribution in [0.25, 0.3) is 0 Å². The van der Waals surface area contributed by atoms with E-state index in [1.165, 1.54) is 29.2 Å². The van der Waals surface area contributed by atoms with Crippen LogP contribution in [-0.2, 0) is 0 Å². The van der Waals surface area contributed by atoms with Crippen LogP contribution in [0.3, 0.4) is 0 Å². The van der Waals surface area contributed by atoms with Gasteiger partial charge in [-0.25, -0.2) is 9.59 Å². The molecule has 3 N–H and O–H groups in total. The lowest BCUT2D eigenvalue weighted by atomic mass is 9.97. The summed E-state index contributed by atoms with van der Waals surface area (Å²) in [4.78, 5) is 34.9. The van der Waals surface area contributed by atoms with Crippen LogP contribution >= 0.6 is 0 Å². The Morgan fingerprint density at radius 2 is 1.59 bits per heavy atom. The largest absolute Gasteiger partial charge is 0.478 e. The first kappa shape index (κ1) is 15.8. The van der Waals surface area contributed by atoms with Crippen molar-refractivity contribution in [3.63, 3.8) is 0 Å². The highest BCUT2D eigenvalue weighted by atomic mass is 16.4. The van der Waals surface area contributed by atoms with E-state index in [1.807, 2.05) is 0 Å². The van der Waals surface area contributed by atoms with Crippen LogP contribution in [0.1, 0.15) is 33.6 Å². The van der Waals surface area contributed by atoms with Crippen molar-refractivity contribution in [3.05, 3.63) is 35.4 Å². The number of amides is 2. The minimum atomic E-state index is -1.03. The molecule has 0 aromatic heterocycles. The van der Waals surface area contributed by atoms with Gasteiger partial charge in [-0.3, -0.25) is 4.79 Å². The Morgan fingerprint density at radius 3 is 2.09 bits per heavy atom. The summed E-state index contributed by atoms with van der Waals surface area (Å²) in [6.45, 7) is 1.47. The molecule has 1 aromatic rings. The maximum atomic E-state index is 12.0. The number of nitrogens with one attached hydrogen (secondary N) is 1. The number of aromatic carboxylic acids is 1. The molecule has 1 fully saturated rings. The Bertz CT molecular complexity index is 562. The van der Waals surface area contributed by atoms with Crippen LogP contribution < -0.4 is 5.32 Å². The number of rotatable bonds is 4. The van der Waals surface area contributed by atoms with E-state index in [4.69, 9.17) is 10.2 Å². The van der Waals surface area contributed by atoms with Gasteiger partial charge in [-0.1, -0.05) is 0 Å². The fourth-order valence-electron chi connectivity index (χ4n) is 2.43. The first-order valence-corrected chi connectivity index (χ1v) is 7.07. The zero-order valence-electron chi connectivity index (χ0n) is 12.0. The normalized spacial score (nSPS) is 15.4. The maximum Gasteiger partial charge on any atom is 0.407 e. The maximum absolute atomic E-state index is 12.0. The van der Waals surface area contributed by atoms with Crippen molar-refractivity contribution in [2.75, 3.05) is 19.6 Å². The summed E-state index contributed by atoms with van der Waals surface area (Å²) in [5.41, 5.74) is 0.547. The van der Waals surface area contributed by atoms with E-state index >= 15 is 0 Å². The fourth-order valence-corrected chi connectivity index (χ4v) is 2.43. The highest BCUT2D eigenvalue weighted by Crippen LogP contribution is 2.16. The van der Waals surface area contributed by atoms with Gasteiger partial charge in [-0.15, -0.1) is 0 Å². The molecule has 0 radical (unpaired) electrons. The molecule has 1 saturated heterocycles. The van der Waals surface area contributed by atoms with Gasteiger partial charge in [-0.05, 0) is 43.0 Å². The molecule has 22 heavy (non-hydrogen) atoms. The van der Waals surface area contributed by atoms with Gasteiger partial charge in [-0.2, -0.15) is 0 Å². The smallest absolute Gasteiger partial charge is 0.407 e. The number of carboxylic acid groups (broad SMARTS) is 2. The van der Waals surface area contributed by atoms with Crippen molar-refractivity contribution in [2.45, 2.75) is 12.8 Å². The Balaban J connectivity index is 1.81. The first-order chi connectivity index (χ1) is 10.5. The number of piperidine rings is 1. The zero-order valence-corrected chi connectivity index (χ0v) is 12.0. The van der Waals surface area contributed by atoms with Crippen molar-refractivity contribution in [2.24, 2.45) is 5.92 Å². The lowest BCUT2D eigenvalue weighted by Crippen LogP contribution is -2.40. The van der Waals surface area contributed by atoms with Gasteiger partial charge in [0.25, 0.3) is 5.91 Å². The number of carboxylic acids is 1. The van der Waals surface area contributed by atoms with E-state index in [0.29, 0.717) is 25.2 Å². The Labute approximate surface area is 127 Å². The number of likely N-dealkylation sites (tertiary alicyclic amines) is 1. The van der Waals surface area contributed by atoms with Crippen LogP contribution in [0.5, 0.6) is 0 Å². The lowest BCUT2D eigenvalue weighted by molar-refractivity contribution is 0.0696. The molecular weight excluding hydrogens is 288 g/mol. The highest BCUT2D eigenvalue weighted by molar-refractivity contribution is 5.95. The number of nitrogens with zero attached hydrogens (tertiary/aromatic N) is 1. The van der Waals surface area contributed by atoms with Crippen LogP contribution in [0, 0.1) is 5.92 Å². The molecule has 1 heterocycles. The summed E-state index contributed by atoms with van der Waals surface area (Å²) in [5.74, 6) is -1.02. The molecule has 118 valence electrons.